The van der Waals surface area contributed by atoms with E-state index in [4.69, 9.17) is 0 Å². The number of anilines is 1. The van der Waals surface area contributed by atoms with Crippen LogP contribution in [-0.4, -0.2) is 33.8 Å². The minimum absolute atomic E-state index is 0.0213. The van der Waals surface area contributed by atoms with Gasteiger partial charge >= 0.3 is 5.97 Å². The summed E-state index contributed by atoms with van der Waals surface area (Å²) in [5, 5.41) is 0. The zero-order valence-electron chi connectivity index (χ0n) is 10.7. The first-order valence-electron chi connectivity index (χ1n) is 5.94. The van der Waals surface area contributed by atoms with Crippen LogP contribution >= 0.6 is 15.9 Å². The lowest BCUT2D eigenvalue weighted by atomic mass is 10.2. The molecule has 110 valence electrons. The molecule has 0 atom stereocenters. The van der Waals surface area contributed by atoms with E-state index in [9.17, 15) is 17.6 Å². The third kappa shape index (κ3) is 2.80. The van der Waals surface area contributed by atoms with Gasteiger partial charge in [-0.05, 0) is 25.0 Å². The van der Waals surface area contributed by atoms with Gasteiger partial charge in [0.1, 0.15) is 0 Å². The van der Waals surface area contributed by atoms with Crippen LogP contribution in [-0.2, 0) is 14.8 Å². The molecule has 0 spiro atoms. The monoisotopic (exact) mass is 365 g/mol. The number of methoxy groups -OCH3 is 1. The fourth-order valence-electron chi connectivity index (χ4n) is 2.07. The number of nitrogens with zero attached hydrogens (tertiary/aromatic N) is 1. The van der Waals surface area contributed by atoms with Gasteiger partial charge in [0.2, 0.25) is 10.0 Å². The quantitative estimate of drug-likeness (QED) is 0.754. The Kier molecular flexibility index (Phi) is 4.33. The first-order chi connectivity index (χ1) is 9.36. The molecule has 1 aromatic carbocycles. The summed E-state index contributed by atoms with van der Waals surface area (Å²) >= 11 is 3.15. The van der Waals surface area contributed by atoms with Crippen molar-refractivity contribution in [1.82, 2.24) is 0 Å². The summed E-state index contributed by atoms with van der Waals surface area (Å²) in [4.78, 5) is 11.5. The maximum Gasteiger partial charge on any atom is 0.340 e. The van der Waals surface area contributed by atoms with Gasteiger partial charge < -0.3 is 4.74 Å². The number of halogens is 2. The van der Waals surface area contributed by atoms with Crippen LogP contribution in [0.15, 0.2) is 16.6 Å². The van der Waals surface area contributed by atoms with Crippen molar-refractivity contribution in [2.24, 2.45) is 0 Å². The van der Waals surface area contributed by atoms with Gasteiger partial charge in [-0.3, -0.25) is 4.31 Å². The third-order valence-electron chi connectivity index (χ3n) is 3.04. The molecular weight excluding hydrogens is 353 g/mol. The standard InChI is InChI=1S/C12H13BrFNO4S/c1-19-12(16)9-6-8(13)7-10(11(9)14)15-4-2-3-5-20(15,17)18/h6-7H,2-5H2,1H3. The van der Waals surface area contributed by atoms with E-state index in [1.807, 2.05) is 0 Å². The lowest BCUT2D eigenvalue weighted by molar-refractivity contribution is 0.0595. The second-order valence-electron chi connectivity index (χ2n) is 4.37. The first kappa shape index (κ1) is 15.2. The van der Waals surface area contributed by atoms with Crippen LogP contribution in [0.5, 0.6) is 0 Å². The molecule has 0 N–H and O–H groups in total. The average Bonchev–Trinajstić information content (AvgIpc) is 2.40. The summed E-state index contributed by atoms with van der Waals surface area (Å²) < 4.78 is 44.4. The molecule has 0 bridgehead atoms. The average molecular weight is 366 g/mol. The van der Waals surface area contributed by atoms with Gasteiger partial charge in [-0.25, -0.2) is 17.6 Å². The molecule has 1 saturated heterocycles. The van der Waals surface area contributed by atoms with Crippen molar-refractivity contribution in [3.05, 3.63) is 28.0 Å². The number of esters is 1. The molecule has 1 fully saturated rings. The number of hydrogen-bond donors (Lipinski definition) is 0. The Bertz CT molecular complexity index is 647. The zero-order chi connectivity index (χ0) is 14.9. The second kappa shape index (κ2) is 5.69. The van der Waals surface area contributed by atoms with Crippen molar-refractivity contribution < 1.29 is 22.3 Å². The molecular formula is C12H13BrFNO4S. The normalized spacial score (nSPS) is 17.9. The van der Waals surface area contributed by atoms with E-state index in [2.05, 4.69) is 20.7 Å². The summed E-state index contributed by atoms with van der Waals surface area (Å²) in [5.74, 6) is -1.75. The minimum Gasteiger partial charge on any atom is -0.465 e. The minimum atomic E-state index is -3.54. The number of hydrogen-bond acceptors (Lipinski definition) is 4. The van der Waals surface area contributed by atoms with Crippen molar-refractivity contribution in [3.8, 4) is 0 Å². The largest absolute Gasteiger partial charge is 0.465 e. The van der Waals surface area contributed by atoms with Crippen LogP contribution in [0, 0.1) is 5.82 Å². The van der Waals surface area contributed by atoms with E-state index >= 15 is 0 Å². The highest BCUT2D eigenvalue weighted by atomic mass is 79.9. The highest BCUT2D eigenvalue weighted by molar-refractivity contribution is 9.10. The lowest BCUT2D eigenvalue weighted by Gasteiger charge is -2.29. The number of sulfonamides is 1. The highest BCUT2D eigenvalue weighted by Gasteiger charge is 2.30. The Morgan fingerprint density at radius 3 is 2.70 bits per heavy atom. The molecule has 0 saturated carbocycles. The maximum absolute atomic E-state index is 14.4. The molecule has 0 unspecified atom stereocenters. The Labute approximate surface area is 124 Å². The maximum atomic E-state index is 14.4. The van der Waals surface area contributed by atoms with E-state index in [0.717, 1.165) is 11.4 Å². The molecule has 0 aromatic heterocycles. The smallest absolute Gasteiger partial charge is 0.340 e. The Balaban J connectivity index is 2.57. The molecule has 5 nitrogen and oxygen atoms in total. The number of carbonyl (C=O) groups excluding carboxylic acids is 1. The summed E-state index contributed by atoms with van der Waals surface area (Å²) in [6.45, 7) is 0.205. The second-order valence-corrected chi connectivity index (χ2v) is 7.30. The fourth-order valence-corrected chi connectivity index (χ4v) is 4.15. The topological polar surface area (TPSA) is 63.7 Å². The molecule has 0 radical (unpaired) electrons. The van der Waals surface area contributed by atoms with E-state index in [0.29, 0.717) is 17.3 Å². The van der Waals surface area contributed by atoms with Crippen molar-refractivity contribution in [2.45, 2.75) is 12.8 Å². The van der Waals surface area contributed by atoms with Gasteiger partial charge in [-0.1, -0.05) is 15.9 Å². The van der Waals surface area contributed by atoms with Gasteiger partial charge in [0.05, 0.1) is 24.1 Å². The molecule has 2 rings (SSSR count). The SMILES string of the molecule is COC(=O)c1cc(Br)cc(N2CCCCS2(=O)=O)c1F. The van der Waals surface area contributed by atoms with Crippen LogP contribution in [0.2, 0.25) is 0 Å². The number of rotatable bonds is 2. The van der Waals surface area contributed by atoms with Gasteiger partial charge in [-0.15, -0.1) is 0 Å². The molecule has 1 aliphatic heterocycles. The Morgan fingerprint density at radius 1 is 1.40 bits per heavy atom. The van der Waals surface area contributed by atoms with Gasteiger partial charge in [0, 0.05) is 11.0 Å². The molecule has 0 aliphatic carbocycles. The van der Waals surface area contributed by atoms with Crippen molar-refractivity contribution in [3.63, 3.8) is 0 Å². The third-order valence-corrected chi connectivity index (χ3v) is 5.35. The Morgan fingerprint density at radius 2 is 2.10 bits per heavy atom. The summed E-state index contributed by atoms with van der Waals surface area (Å²) in [5.41, 5.74) is -0.419. The molecule has 1 heterocycles. The van der Waals surface area contributed by atoms with Crippen molar-refractivity contribution in [2.75, 3.05) is 23.7 Å². The van der Waals surface area contributed by atoms with Gasteiger partial charge in [0.15, 0.2) is 5.82 Å². The number of benzene rings is 1. The number of ether oxygens (including phenoxy) is 1. The van der Waals surface area contributed by atoms with Gasteiger partial charge in [0.25, 0.3) is 0 Å². The van der Waals surface area contributed by atoms with Gasteiger partial charge in [-0.2, -0.15) is 0 Å². The van der Waals surface area contributed by atoms with E-state index < -0.39 is 21.8 Å². The summed E-state index contributed by atoms with van der Waals surface area (Å²) in [6.07, 6.45) is 1.21. The molecule has 0 amide bonds. The zero-order valence-corrected chi connectivity index (χ0v) is 13.1. The Hall–Kier alpha value is -1.15. The molecule has 1 aromatic rings. The lowest BCUT2D eigenvalue weighted by Crippen LogP contribution is -2.38. The predicted molar refractivity (Wildman–Crippen MR) is 75.8 cm³/mol. The predicted octanol–water partition coefficient (Wildman–Crippen LogP) is 2.30. The van der Waals surface area contributed by atoms with E-state index in [1.54, 1.807) is 0 Å². The number of carbonyl (C=O) groups is 1. The fraction of sp³-hybridized carbons (Fsp3) is 0.417. The van der Waals surface area contributed by atoms with Crippen molar-refractivity contribution >= 4 is 37.6 Å². The summed E-state index contributed by atoms with van der Waals surface area (Å²) in [6, 6.07) is 2.62. The highest BCUT2D eigenvalue weighted by Crippen LogP contribution is 2.31. The van der Waals surface area contributed by atoms with Crippen LogP contribution in [0.1, 0.15) is 23.2 Å². The summed E-state index contributed by atoms with van der Waals surface area (Å²) in [7, 11) is -2.41. The first-order valence-corrected chi connectivity index (χ1v) is 8.35. The van der Waals surface area contributed by atoms with E-state index in [1.165, 1.54) is 12.1 Å². The molecule has 20 heavy (non-hydrogen) atoms. The van der Waals surface area contributed by atoms with E-state index in [-0.39, 0.29) is 23.5 Å². The van der Waals surface area contributed by atoms with Crippen LogP contribution in [0.25, 0.3) is 0 Å². The molecule has 8 heteroatoms. The molecule has 1 aliphatic rings. The van der Waals surface area contributed by atoms with Crippen molar-refractivity contribution in [1.29, 1.82) is 0 Å². The van der Waals surface area contributed by atoms with Crippen LogP contribution in [0.3, 0.4) is 0 Å². The van der Waals surface area contributed by atoms with Crippen LogP contribution in [0.4, 0.5) is 10.1 Å². The van der Waals surface area contributed by atoms with Crippen LogP contribution < -0.4 is 4.31 Å².